The summed E-state index contributed by atoms with van der Waals surface area (Å²) in [6.07, 6.45) is 1.65. The normalized spacial score (nSPS) is 11.0. The predicted octanol–water partition coefficient (Wildman–Crippen LogP) is 0.0596. The van der Waals surface area contributed by atoms with E-state index in [1.807, 2.05) is 6.07 Å². The van der Waals surface area contributed by atoms with Gasteiger partial charge in [0, 0.05) is 13.7 Å². The fourth-order valence-electron chi connectivity index (χ4n) is 1.05. The molecule has 1 rings (SSSR count). The molecule has 8 heteroatoms. The molecule has 0 aliphatic rings. The lowest BCUT2D eigenvalue weighted by atomic mass is 10.4. The summed E-state index contributed by atoms with van der Waals surface area (Å²) in [7, 11) is -1.96. The molecule has 0 atom stereocenters. The summed E-state index contributed by atoms with van der Waals surface area (Å²) in [5.74, 6) is 0.0324. The summed E-state index contributed by atoms with van der Waals surface area (Å²) < 4.78 is 30.0. The van der Waals surface area contributed by atoms with Crippen LogP contribution in [0.4, 0.5) is 5.82 Å². The molecule has 1 heterocycles. The number of aromatic amines is 1. The van der Waals surface area contributed by atoms with Crippen molar-refractivity contribution in [2.75, 3.05) is 24.2 Å². The van der Waals surface area contributed by atoms with Gasteiger partial charge in [0.25, 0.3) is 0 Å². The molecule has 0 aliphatic heterocycles. The highest BCUT2D eigenvalue weighted by molar-refractivity contribution is 7.92. The third-order valence-electron chi connectivity index (χ3n) is 1.78. The number of sulfonamides is 1. The highest BCUT2D eigenvalue weighted by Crippen LogP contribution is 2.11. The number of rotatable bonds is 6. The zero-order valence-electron chi connectivity index (χ0n) is 8.73. The van der Waals surface area contributed by atoms with Crippen molar-refractivity contribution >= 4 is 15.8 Å². The molecule has 0 fully saturated rings. The van der Waals surface area contributed by atoms with E-state index in [9.17, 15) is 8.42 Å². The number of nitriles is 1. The van der Waals surface area contributed by atoms with Crippen LogP contribution in [0.3, 0.4) is 0 Å². The van der Waals surface area contributed by atoms with E-state index in [0.29, 0.717) is 13.0 Å². The molecule has 16 heavy (non-hydrogen) atoms. The molecule has 0 aliphatic carbocycles. The van der Waals surface area contributed by atoms with E-state index in [0.717, 1.165) is 0 Å². The molecule has 0 saturated heterocycles. The predicted molar refractivity (Wildman–Crippen MR) is 57.2 cm³/mol. The Balaban J connectivity index is 2.63. The first kappa shape index (κ1) is 12.5. The summed E-state index contributed by atoms with van der Waals surface area (Å²) in [5, 5.41) is 14.6. The van der Waals surface area contributed by atoms with Crippen molar-refractivity contribution in [1.82, 2.24) is 10.2 Å². The molecule has 0 saturated carbocycles. The molecule has 0 spiro atoms. The quantitative estimate of drug-likeness (QED) is 0.688. The molecule has 0 unspecified atom stereocenters. The number of hydrogen-bond acceptors (Lipinski definition) is 5. The molecular formula is C8H12N4O3S. The molecule has 1 aromatic rings. The first-order chi connectivity index (χ1) is 7.59. The largest absolute Gasteiger partial charge is 0.385 e. The Labute approximate surface area is 93.5 Å². The van der Waals surface area contributed by atoms with Crippen LogP contribution in [-0.4, -0.2) is 38.1 Å². The average Bonchev–Trinajstić information content (AvgIpc) is 2.64. The summed E-state index contributed by atoms with van der Waals surface area (Å²) in [5.41, 5.74) is 0.162. The Kier molecular flexibility index (Phi) is 4.28. The van der Waals surface area contributed by atoms with E-state index in [1.54, 1.807) is 0 Å². The van der Waals surface area contributed by atoms with Crippen molar-refractivity contribution < 1.29 is 13.2 Å². The van der Waals surface area contributed by atoms with Crippen LogP contribution >= 0.6 is 0 Å². The van der Waals surface area contributed by atoms with Crippen molar-refractivity contribution in [2.24, 2.45) is 0 Å². The molecule has 2 N–H and O–H groups in total. The zero-order valence-corrected chi connectivity index (χ0v) is 9.54. The van der Waals surface area contributed by atoms with Gasteiger partial charge in [-0.1, -0.05) is 0 Å². The van der Waals surface area contributed by atoms with Gasteiger partial charge in [-0.25, -0.2) is 8.42 Å². The highest BCUT2D eigenvalue weighted by atomic mass is 32.2. The van der Waals surface area contributed by atoms with Crippen LogP contribution in [0.15, 0.2) is 6.20 Å². The fraction of sp³-hybridized carbons (Fsp3) is 0.500. The van der Waals surface area contributed by atoms with Crippen molar-refractivity contribution in [3.63, 3.8) is 0 Å². The lowest BCUT2D eigenvalue weighted by Crippen LogP contribution is -2.18. The Bertz CT molecular complexity index is 474. The summed E-state index contributed by atoms with van der Waals surface area (Å²) in [4.78, 5) is 0. The first-order valence-electron chi connectivity index (χ1n) is 4.52. The molecule has 0 amide bonds. The number of nitrogens with one attached hydrogen (secondary N) is 2. The van der Waals surface area contributed by atoms with E-state index in [-0.39, 0.29) is 17.1 Å². The number of anilines is 1. The number of H-pyrrole nitrogens is 1. The van der Waals surface area contributed by atoms with Gasteiger partial charge in [-0.3, -0.25) is 9.82 Å². The first-order valence-corrected chi connectivity index (χ1v) is 6.17. The van der Waals surface area contributed by atoms with Gasteiger partial charge in [0.1, 0.15) is 11.6 Å². The van der Waals surface area contributed by atoms with Crippen LogP contribution in [-0.2, 0) is 14.8 Å². The maximum absolute atomic E-state index is 11.5. The Morgan fingerprint density at radius 3 is 3.06 bits per heavy atom. The number of hydrogen-bond donors (Lipinski definition) is 2. The summed E-state index contributed by atoms with van der Waals surface area (Å²) in [6, 6.07) is 1.82. The summed E-state index contributed by atoms with van der Waals surface area (Å²) in [6.45, 7) is 0.370. The van der Waals surface area contributed by atoms with Crippen molar-refractivity contribution in [3.05, 3.63) is 11.8 Å². The monoisotopic (exact) mass is 244 g/mol. The Morgan fingerprint density at radius 2 is 2.44 bits per heavy atom. The lowest BCUT2D eigenvalue weighted by molar-refractivity contribution is 0.199. The average molecular weight is 244 g/mol. The second-order valence-electron chi connectivity index (χ2n) is 3.04. The van der Waals surface area contributed by atoms with E-state index < -0.39 is 10.0 Å². The van der Waals surface area contributed by atoms with Gasteiger partial charge in [0.05, 0.1) is 11.9 Å². The fourth-order valence-corrected chi connectivity index (χ4v) is 2.12. The Hall–Kier alpha value is -1.59. The topological polar surface area (TPSA) is 108 Å². The van der Waals surface area contributed by atoms with Crippen molar-refractivity contribution in [2.45, 2.75) is 6.42 Å². The molecule has 88 valence electrons. The number of nitrogens with zero attached hydrogens (tertiary/aromatic N) is 2. The third-order valence-corrected chi connectivity index (χ3v) is 3.12. The lowest BCUT2D eigenvalue weighted by Gasteiger charge is -2.05. The maximum Gasteiger partial charge on any atom is 0.233 e. The second-order valence-corrected chi connectivity index (χ2v) is 4.88. The molecular weight excluding hydrogens is 232 g/mol. The van der Waals surface area contributed by atoms with E-state index in [2.05, 4.69) is 14.9 Å². The van der Waals surface area contributed by atoms with Crippen molar-refractivity contribution in [1.29, 1.82) is 5.26 Å². The van der Waals surface area contributed by atoms with Crippen LogP contribution in [0.25, 0.3) is 0 Å². The second kappa shape index (κ2) is 5.48. The van der Waals surface area contributed by atoms with E-state index in [1.165, 1.54) is 13.3 Å². The number of methoxy groups -OCH3 is 1. The van der Waals surface area contributed by atoms with E-state index >= 15 is 0 Å². The van der Waals surface area contributed by atoms with Crippen LogP contribution in [0.1, 0.15) is 12.0 Å². The molecule has 7 nitrogen and oxygen atoms in total. The molecule has 0 bridgehead atoms. The van der Waals surface area contributed by atoms with Crippen LogP contribution < -0.4 is 4.72 Å². The maximum atomic E-state index is 11.5. The van der Waals surface area contributed by atoms with Gasteiger partial charge in [0.2, 0.25) is 10.0 Å². The standard InChI is InChI=1S/C8H12N4O3S/c1-15-3-2-4-16(13,14)12-8-7(5-9)6-10-11-8/h6H,2-4H2,1H3,(H2,10,11,12). The van der Waals surface area contributed by atoms with Crippen LogP contribution in [0.2, 0.25) is 0 Å². The van der Waals surface area contributed by atoms with Gasteiger partial charge in [-0.2, -0.15) is 10.4 Å². The van der Waals surface area contributed by atoms with Gasteiger partial charge in [-0.15, -0.1) is 0 Å². The Morgan fingerprint density at radius 1 is 1.69 bits per heavy atom. The minimum atomic E-state index is -3.46. The van der Waals surface area contributed by atoms with Gasteiger partial charge < -0.3 is 4.74 Å². The molecule has 1 aromatic heterocycles. The molecule has 0 aromatic carbocycles. The zero-order chi connectivity index (χ0) is 12.0. The van der Waals surface area contributed by atoms with Crippen molar-refractivity contribution in [3.8, 4) is 6.07 Å². The summed E-state index contributed by atoms with van der Waals surface area (Å²) >= 11 is 0. The van der Waals surface area contributed by atoms with Gasteiger partial charge in [-0.05, 0) is 6.42 Å². The minimum Gasteiger partial charge on any atom is -0.385 e. The van der Waals surface area contributed by atoms with E-state index in [4.69, 9.17) is 10.00 Å². The van der Waals surface area contributed by atoms with Gasteiger partial charge in [0.15, 0.2) is 5.82 Å². The number of ether oxygens (including phenoxy) is 1. The van der Waals surface area contributed by atoms with Crippen LogP contribution in [0, 0.1) is 11.3 Å². The highest BCUT2D eigenvalue weighted by Gasteiger charge is 2.13. The van der Waals surface area contributed by atoms with Crippen LogP contribution in [0.5, 0.6) is 0 Å². The minimum absolute atomic E-state index is 0.0648. The third kappa shape index (κ3) is 3.52. The van der Waals surface area contributed by atoms with Gasteiger partial charge >= 0.3 is 0 Å². The number of aromatic nitrogens is 2. The smallest absolute Gasteiger partial charge is 0.233 e. The SMILES string of the molecule is COCCCS(=O)(=O)Nc1[nH]ncc1C#N. The molecule has 0 radical (unpaired) electrons.